The van der Waals surface area contributed by atoms with Crippen LogP contribution in [0.2, 0.25) is 0 Å². The maximum atomic E-state index is 13.0. The molecule has 0 N–H and O–H groups in total. The van der Waals surface area contributed by atoms with Crippen molar-refractivity contribution in [1.82, 2.24) is 9.88 Å². The first-order chi connectivity index (χ1) is 13.0. The Morgan fingerprint density at radius 2 is 2.15 bits per heavy atom. The van der Waals surface area contributed by atoms with E-state index in [0.717, 1.165) is 17.7 Å². The highest BCUT2D eigenvalue weighted by atomic mass is 32.1. The maximum absolute atomic E-state index is 13.0. The first-order valence-electron chi connectivity index (χ1n) is 9.30. The summed E-state index contributed by atoms with van der Waals surface area (Å²) in [5.74, 6) is 0.854. The van der Waals surface area contributed by atoms with Crippen LogP contribution in [0.4, 0.5) is 0 Å². The molecule has 0 saturated carbocycles. The second-order valence-corrected chi connectivity index (χ2v) is 8.27. The molecule has 1 saturated heterocycles. The molecule has 1 aromatic carbocycles. The molecule has 0 radical (unpaired) electrons. The van der Waals surface area contributed by atoms with Crippen LogP contribution in [0.1, 0.15) is 58.5 Å². The molecule has 1 aliphatic heterocycles. The number of likely N-dealkylation sites (tertiary alicyclic amines) is 1. The second-order valence-electron chi connectivity index (χ2n) is 7.32. The van der Waals surface area contributed by atoms with Gasteiger partial charge in [0.1, 0.15) is 5.52 Å². The van der Waals surface area contributed by atoms with Crippen LogP contribution in [0, 0.1) is 5.92 Å². The zero-order valence-corrected chi connectivity index (χ0v) is 16.3. The molecule has 2 aromatic heterocycles. The summed E-state index contributed by atoms with van der Waals surface area (Å²) >= 11 is 1.46. The number of fused-ring (bicyclic) bond motifs is 1. The molecule has 0 bridgehead atoms. The number of amides is 1. The lowest BCUT2D eigenvalue weighted by Crippen LogP contribution is -2.42. The number of ketones is 1. The van der Waals surface area contributed by atoms with Crippen LogP contribution in [0.25, 0.3) is 11.1 Å². The Morgan fingerprint density at radius 3 is 2.89 bits per heavy atom. The van der Waals surface area contributed by atoms with Gasteiger partial charge in [0, 0.05) is 30.5 Å². The van der Waals surface area contributed by atoms with Crippen molar-refractivity contribution < 1.29 is 14.0 Å². The van der Waals surface area contributed by atoms with Gasteiger partial charge in [-0.3, -0.25) is 9.59 Å². The first kappa shape index (κ1) is 17.9. The Kier molecular flexibility index (Phi) is 4.83. The Morgan fingerprint density at radius 1 is 1.30 bits per heavy atom. The third-order valence-corrected chi connectivity index (χ3v) is 5.87. The number of carbonyl (C=O) groups excluding carboxylic acids is 2. The monoisotopic (exact) mass is 382 g/mol. The van der Waals surface area contributed by atoms with Crippen molar-refractivity contribution in [3.63, 3.8) is 0 Å². The largest absolute Gasteiger partial charge is 0.440 e. The van der Waals surface area contributed by atoms with E-state index >= 15 is 0 Å². The number of thiophene rings is 1. The Balaban J connectivity index is 1.53. The fourth-order valence-electron chi connectivity index (χ4n) is 3.50. The van der Waals surface area contributed by atoms with Gasteiger partial charge >= 0.3 is 0 Å². The molecule has 1 amide bonds. The van der Waals surface area contributed by atoms with Gasteiger partial charge in [-0.05, 0) is 42.5 Å². The summed E-state index contributed by atoms with van der Waals surface area (Å²) in [7, 11) is 0. The summed E-state index contributed by atoms with van der Waals surface area (Å²) in [5.41, 5.74) is 1.99. The van der Waals surface area contributed by atoms with Crippen molar-refractivity contribution >= 4 is 34.1 Å². The molecule has 1 aliphatic rings. The van der Waals surface area contributed by atoms with E-state index < -0.39 is 0 Å². The molecule has 140 valence electrons. The summed E-state index contributed by atoms with van der Waals surface area (Å²) < 4.78 is 5.72. The zero-order valence-electron chi connectivity index (χ0n) is 15.5. The number of oxazole rings is 1. The van der Waals surface area contributed by atoms with E-state index in [-0.39, 0.29) is 23.5 Å². The molecule has 4 rings (SSSR count). The number of Topliss-reactive ketones (excluding diaryl/α,β-unsaturated/α-hetero) is 1. The highest BCUT2D eigenvalue weighted by Crippen LogP contribution is 2.26. The Bertz CT molecular complexity index is 975. The first-order valence-corrected chi connectivity index (χ1v) is 10.2. The molecular weight excluding hydrogens is 360 g/mol. The van der Waals surface area contributed by atoms with Crippen molar-refractivity contribution in [2.45, 2.75) is 32.6 Å². The number of hydrogen-bond acceptors (Lipinski definition) is 5. The van der Waals surface area contributed by atoms with Crippen molar-refractivity contribution in [3.8, 4) is 0 Å². The van der Waals surface area contributed by atoms with E-state index in [9.17, 15) is 9.59 Å². The van der Waals surface area contributed by atoms with Crippen molar-refractivity contribution in [2.75, 3.05) is 13.1 Å². The normalized spacial score (nSPS) is 17.6. The third-order valence-electron chi connectivity index (χ3n) is 4.99. The SMILES string of the molecule is CC(C)c1nc2cc(C(=O)N3CCC[C@H](C(=O)c4cccs4)C3)ccc2o1. The predicted molar refractivity (Wildman–Crippen MR) is 105 cm³/mol. The number of aromatic nitrogens is 1. The highest BCUT2D eigenvalue weighted by molar-refractivity contribution is 7.12. The molecule has 3 aromatic rings. The quantitative estimate of drug-likeness (QED) is 0.611. The molecule has 0 spiro atoms. The summed E-state index contributed by atoms with van der Waals surface area (Å²) in [6.07, 6.45) is 1.68. The van der Waals surface area contributed by atoms with E-state index in [1.807, 2.05) is 31.4 Å². The van der Waals surface area contributed by atoms with E-state index in [4.69, 9.17) is 4.42 Å². The highest BCUT2D eigenvalue weighted by Gasteiger charge is 2.30. The van der Waals surface area contributed by atoms with E-state index in [0.29, 0.717) is 35.6 Å². The number of rotatable bonds is 4. The van der Waals surface area contributed by atoms with Crippen LogP contribution in [-0.4, -0.2) is 34.7 Å². The van der Waals surface area contributed by atoms with Crippen molar-refractivity contribution in [1.29, 1.82) is 0 Å². The van der Waals surface area contributed by atoms with Gasteiger partial charge in [-0.25, -0.2) is 4.98 Å². The third kappa shape index (κ3) is 3.54. The number of piperidine rings is 1. The van der Waals surface area contributed by atoms with Gasteiger partial charge in [0.15, 0.2) is 17.3 Å². The molecule has 1 atom stereocenters. The minimum atomic E-state index is -0.121. The van der Waals surface area contributed by atoms with Gasteiger partial charge < -0.3 is 9.32 Å². The summed E-state index contributed by atoms with van der Waals surface area (Å²) in [6, 6.07) is 9.13. The number of benzene rings is 1. The standard InChI is InChI=1S/C21H22N2O3S/c1-13(2)20-22-16-11-14(7-8-17(16)26-20)21(25)23-9-3-5-15(12-23)19(24)18-6-4-10-27-18/h4,6-8,10-11,13,15H,3,5,9,12H2,1-2H3/t15-/m0/s1. The fraction of sp³-hybridized carbons (Fsp3) is 0.381. The van der Waals surface area contributed by atoms with Gasteiger partial charge in [0.05, 0.1) is 4.88 Å². The smallest absolute Gasteiger partial charge is 0.253 e. The molecule has 5 nitrogen and oxygen atoms in total. The lowest BCUT2D eigenvalue weighted by molar-refractivity contribution is 0.0638. The summed E-state index contributed by atoms with van der Waals surface area (Å²) in [6.45, 7) is 5.20. The van der Waals surface area contributed by atoms with Gasteiger partial charge in [-0.15, -0.1) is 11.3 Å². The lowest BCUT2D eigenvalue weighted by Gasteiger charge is -2.32. The van der Waals surface area contributed by atoms with Crippen LogP contribution < -0.4 is 0 Å². The molecule has 0 unspecified atom stereocenters. The number of carbonyl (C=O) groups is 2. The van der Waals surface area contributed by atoms with Crippen LogP contribution in [0.15, 0.2) is 40.1 Å². The van der Waals surface area contributed by atoms with Crippen LogP contribution in [0.3, 0.4) is 0 Å². The van der Waals surface area contributed by atoms with E-state index in [1.54, 1.807) is 23.1 Å². The molecule has 1 fully saturated rings. The number of nitrogens with zero attached hydrogens (tertiary/aromatic N) is 2. The van der Waals surface area contributed by atoms with Gasteiger partial charge in [0.25, 0.3) is 5.91 Å². The Hall–Kier alpha value is -2.47. The topological polar surface area (TPSA) is 63.4 Å². The minimum absolute atomic E-state index is 0.0466. The molecular formula is C21H22N2O3S. The summed E-state index contributed by atoms with van der Waals surface area (Å²) in [5, 5.41) is 1.91. The average Bonchev–Trinajstić information content (AvgIpc) is 3.36. The van der Waals surface area contributed by atoms with E-state index in [2.05, 4.69) is 4.98 Å². The van der Waals surface area contributed by atoms with Gasteiger partial charge in [-0.2, -0.15) is 0 Å². The van der Waals surface area contributed by atoms with Crippen LogP contribution in [0.5, 0.6) is 0 Å². The second kappa shape index (κ2) is 7.27. The average molecular weight is 382 g/mol. The van der Waals surface area contributed by atoms with Crippen LogP contribution >= 0.6 is 11.3 Å². The van der Waals surface area contributed by atoms with E-state index in [1.165, 1.54) is 11.3 Å². The van der Waals surface area contributed by atoms with Gasteiger partial charge in [-0.1, -0.05) is 19.9 Å². The Labute approximate surface area is 162 Å². The lowest BCUT2D eigenvalue weighted by atomic mass is 9.92. The van der Waals surface area contributed by atoms with Crippen LogP contribution in [-0.2, 0) is 0 Å². The minimum Gasteiger partial charge on any atom is -0.440 e. The van der Waals surface area contributed by atoms with Crippen molar-refractivity contribution in [2.24, 2.45) is 5.92 Å². The fourth-order valence-corrected chi connectivity index (χ4v) is 4.25. The zero-order chi connectivity index (χ0) is 19.0. The van der Waals surface area contributed by atoms with Gasteiger partial charge in [0.2, 0.25) is 0 Å². The molecule has 3 heterocycles. The molecule has 6 heteroatoms. The number of hydrogen-bond donors (Lipinski definition) is 0. The predicted octanol–water partition coefficient (Wildman–Crippen LogP) is 4.75. The molecule has 0 aliphatic carbocycles. The molecule has 27 heavy (non-hydrogen) atoms. The van der Waals surface area contributed by atoms with Crippen molar-refractivity contribution in [3.05, 3.63) is 52.0 Å². The summed E-state index contributed by atoms with van der Waals surface area (Å²) in [4.78, 5) is 32.7. The maximum Gasteiger partial charge on any atom is 0.253 e.